The number of hydrogen-bond acceptors (Lipinski definition) is 5. The molecule has 1 atom stereocenters. The number of carbonyl (C=O) groups is 3. The summed E-state index contributed by atoms with van der Waals surface area (Å²) < 4.78 is 0. The van der Waals surface area contributed by atoms with E-state index in [-0.39, 0.29) is 24.1 Å². The SMILES string of the molecule is O=C(C[C@@H](NC(=O)c1csc(-c2ccccc2)n1)C(=O)O)NC1CCCCCCC1. The normalized spacial score (nSPS) is 16.1. The van der Waals surface area contributed by atoms with Crippen molar-refractivity contribution in [3.05, 3.63) is 41.4 Å². The van der Waals surface area contributed by atoms with Crippen LogP contribution in [0.2, 0.25) is 0 Å². The number of aliphatic carboxylic acids is 1. The summed E-state index contributed by atoms with van der Waals surface area (Å²) >= 11 is 1.31. The Labute approximate surface area is 179 Å². The molecule has 30 heavy (non-hydrogen) atoms. The molecule has 0 aliphatic heterocycles. The molecule has 1 aromatic carbocycles. The number of aromatic nitrogens is 1. The van der Waals surface area contributed by atoms with Crippen LogP contribution in [0.15, 0.2) is 35.7 Å². The highest BCUT2D eigenvalue weighted by Crippen LogP contribution is 2.23. The maximum atomic E-state index is 12.5. The van der Waals surface area contributed by atoms with Crippen molar-refractivity contribution in [2.45, 2.75) is 63.5 Å². The fourth-order valence-corrected chi connectivity index (χ4v) is 4.40. The molecule has 1 aliphatic rings. The summed E-state index contributed by atoms with van der Waals surface area (Å²) in [4.78, 5) is 40.8. The summed E-state index contributed by atoms with van der Waals surface area (Å²) in [5.74, 6) is -2.19. The smallest absolute Gasteiger partial charge is 0.326 e. The van der Waals surface area contributed by atoms with Crippen LogP contribution in [0.1, 0.15) is 61.9 Å². The zero-order chi connectivity index (χ0) is 21.3. The monoisotopic (exact) mass is 429 g/mol. The van der Waals surface area contributed by atoms with E-state index in [2.05, 4.69) is 15.6 Å². The zero-order valence-electron chi connectivity index (χ0n) is 16.8. The average Bonchev–Trinajstić information content (AvgIpc) is 3.20. The van der Waals surface area contributed by atoms with Crippen molar-refractivity contribution >= 4 is 29.1 Å². The van der Waals surface area contributed by atoms with Crippen LogP contribution in [-0.2, 0) is 9.59 Å². The summed E-state index contributed by atoms with van der Waals surface area (Å²) in [6, 6.07) is 8.21. The molecule has 1 fully saturated rings. The summed E-state index contributed by atoms with van der Waals surface area (Å²) in [7, 11) is 0. The molecule has 2 amide bonds. The Hall–Kier alpha value is -2.74. The lowest BCUT2D eigenvalue weighted by atomic mass is 9.96. The number of nitrogens with one attached hydrogen (secondary N) is 2. The van der Waals surface area contributed by atoms with E-state index in [0.717, 1.165) is 31.2 Å². The average molecular weight is 430 g/mol. The topological polar surface area (TPSA) is 108 Å². The highest BCUT2D eigenvalue weighted by molar-refractivity contribution is 7.13. The van der Waals surface area contributed by atoms with E-state index in [9.17, 15) is 19.5 Å². The summed E-state index contributed by atoms with van der Waals surface area (Å²) in [5, 5.41) is 17.1. The summed E-state index contributed by atoms with van der Waals surface area (Å²) in [6.45, 7) is 0. The molecular formula is C22H27N3O4S. The third-order valence-electron chi connectivity index (χ3n) is 5.22. The van der Waals surface area contributed by atoms with Crippen molar-refractivity contribution in [2.75, 3.05) is 0 Å². The second-order valence-corrected chi connectivity index (χ2v) is 8.44. The Morgan fingerprint density at radius 2 is 1.73 bits per heavy atom. The maximum absolute atomic E-state index is 12.5. The Kier molecular flexibility index (Phi) is 7.96. The van der Waals surface area contributed by atoms with Gasteiger partial charge < -0.3 is 15.7 Å². The molecule has 3 rings (SSSR count). The summed E-state index contributed by atoms with van der Waals surface area (Å²) in [5.41, 5.74) is 1.03. The van der Waals surface area contributed by atoms with Gasteiger partial charge in [-0.25, -0.2) is 9.78 Å². The first kappa shape index (κ1) is 22.0. The third kappa shape index (κ3) is 6.38. The van der Waals surface area contributed by atoms with Crippen molar-refractivity contribution in [3.8, 4) is 10.6 Å². The lowest BCUT2D eigenvalue weighted by Gasteiger charge is -2.22. The molecule has 0 unspecified atom stereocenters. The predicted octanol–water partition coefficient (Wildman–Crippen LogP) is 3.61. The van der Waals surface area contributed by atoms with E-state index in [1.807, 2.05) is 30.3 Å². The van der Waals surface area contributed by atoms with Crippen molar-refractivity contribution in [2.24, 2.45) is 0 Å². The van der Waals surface area contributed by atoms with Gasteiger partial charge in [0.25, 0.3) is 5.91 Å². The van der Waals surface area contributed by atoms with Gasteiger partial charge >= 0.3 is 5.97 Å². The number of hydrogen-bond donors (Lipinski definition) is 3. The highest BCUT2D eigenvalue weighted by atomic mass is 32.1. The van der Waals surface area contributed by atoms with Crippen LogP contribution < -0.4 is 10.6 Å². The van der Waals surface area contributed by atoms with Crippen molar-refractivity contribution in [3.63, 3.8) is 0 Å². The van der Waals surface area contributed by atoms with Crippen LogP contribution in [0.25, 0.3) is 10.6 Å². The molecule has 0 spiro atoms. The van der Waals surface area contributed by atoms with Gasteiger partial charge in [0.05, 0.1) is 6.42 Å². The van der Waals surface area contributed by atoms with Crippen LogP contribution >= 0.6 is 11.3 Å². The van der Waals surface area contributed by atoms with Gasteiger partial charge in [0.2, 0.25) is 5.91 Å². The fourth-order valence-electron chi connectivity index (χ4n) is 3.60. The molecular weight excluding hydrogens is 402 g/mol. The molecule has 8 heteroatoms. The van der Waals surface area contributed by atoms with E-state index < -0.39 is 17.9 Å². The first-order chi connectivity index (χ1) is 14.5. The molecule has 1 heterocycles. The van der Waals surface area contributed by atoms with Crippen molar-refractivity contribution in [1.82, 2.24) is 15.6 Å². The summed E-state index contributed by atoms with van der Waals surface area (Å²) in [6.07, 6.45) is 7.23. The largest absolute Gasteiger partial charge is 0.480 e. The van der Waals surface area contributed by atoms with E-state index >= 15 is 0 Å². The zero-order valence-corrected chi connectivity index (χ0v) is 17.6. The number of amides is 2. The van der Waals surface area contributed by atoms with Gasteiger partial charge in [-0.2, -0.15) is 0 Å². The Bertz CT molecular complexity index is 860. The minimum atomic E-state index is -1.30. The maximum Gasteiger partial charge on any atom is 0.326 e. The Balaban J connectivity index is 1.57. The minimum absolute atomic E-state index is 0.0786. The van der Waals surface area contributed by atoms with Gasteiger partial charge in [-0.1, -0.05) is 62.4 Å². The van der Waals surface area contributed by atoms with Gasteiger partial charge in [0.15, 0.2) is 0 Å². The van der Waals surface area contributed by atoms with E-state index in [1.54, 1.807) is 5.38 Å². The molecule has 1 aromatic heterocycles. The lowest BCUT2D eigenvalue weighted by molar-refractivity contribution is -0.141. The number of carbonyl (C=O) groups excluding carboxylic acids is 2. The molecule has 0 radical (unpaired) electrons. The standard InChI is InChI=1S/C22H27N3O4S/c26-19(23-16-11-7-2-1-3-8-12-16)13-17(22(28)29)24-20(27)18-14-30-21(25-18)15-9-5-4-6-10-15/h4-6,9-10,14,16-17H,1-3,7-8,11-13H2,(H,23,26)(H,24,27)(H,28,29)/t17-/m1/s1. The number of thiazole rings is 1. The van der Waals surface area contributed by atoms with Crippen molar-refractivity contribution in [1.29, 1.82) is 0 Å². The van der Waals surface area contributed by atoms with Crippen molar-refractivity contribution < 1.29 is 19.5 Å². The number of rotatable bonds is 7. The van der Waals surface area contributed by atoms with Gasteiger partial charge in [-0.3, -0.25) is 9.59 Å². The molecule has 7 nitrogen and oxygen atoms in total. The van der Waals surface area contributed by atoms with Gasteiger partial charge in [-0.15, -0.1) is 11.3 Å². The quantitative estimate of drug-likeness (QED) is 0.623. The Morgan fingerprint density at radius 1 is 1.07 bits per heavy atom. The molecule has 0 saturated heterocycles. The van der Waals surface area contributed by atoms with E-state index in [4.69, 9.17) is 0 Å². The van der Waals surface area contributed by atoms with Gasteiger partial charge in [-0.05, 0) is 12.8 Å². The fraction of sp³-hybridized carbons (Fsp3) is 0.455. The molecule has 2 aromatic rings. The van der Waals surface area contributed by atoms with Crippen LogP contribution in [0, 0.1) is 0 Å². The molecule has 1 saturated carbocycles. The number of benzene rings is 1. The van der Waals surface area contributed by atoms with Crippen LogP contribution in [0.3, 0.4) is 0 Å². The molecule has 1 aliphatic carbocycles. The van der Waals surface area contributed by atoms with E-state index in [0.29, 0.717) is 5.01 Å². The van der Waals surface area contributed by atoms with Crippen LogP contribution in [0.4, 0.5) is 0 Å². The minimum Gasteiger partial charge on any atom is -0.480 e. The molecule has 3 N–H and O–H groups in total. The first-order valence-electron chi connectivity index (χ1n) is 10.4. The molecule has 160 valence electrons. The third-order valence-corrected chi connectivity index (χ3v) is 6.11. The number of carboxylic acid groups (broad SMARTS) is 1. The van der Waals surface area contributed by atoms with Gasteiger partial charge in [0.1, 0.15) is 16.7 Å². The second kappa shape index (κ2) is 10.9. The van der Waals surface area contributed by atoms with E-state index in [1.165, 1.54) is 30.6 Å². The number of carboxylic acids is 1. The predicted molar refractivity (Wildman–Crippen MR) is 115 cm³/mol. The Morgan fingerprint density at radius 3 is 2.40 bits per heavy atom. The second-order valence-electron chi connectivity index (χ2n) is 7.58. The molecule has 0 bridgehead atoms. The van der Waals surface area contributed by atoms with Gasteiger partial charge in [0, 0.05) is 17.0 Å². The first-order valence-corrected chi connectivity index (χ1v) is 11.2. The van der Waals surface area contributed by atoms with Crippen LogP contribution in [-0.4, -0.2) is 40.0 Å². The number of nitrogens with zero attached hydrogens (tertiary/aromatic N) is 1. The highest BCUT2D eigenvalue weighted by Gasteiger charge is 2.26. The van der Waals surface area contributed by atoms with Crippen LogP contribution in [0.5, 0.6) is 0 Å². The lowest BCUT2D eigenvalue weighted by Crippen LogP contribution is -2.46.